The maximum atomic E-state index is 12.4. The van der Waals surface area contributed by atoms with Gasteiger partial charge in [0.1, 0.15) is 0 Å². The molecular formula is C19H21N3O4. The Bertz CT molecular complexity index is 775. The number of hydrogen-bond donors (Lipinski definition) is 4. The van der Waals surface area contributed by atoms with Crippen molar-refractivity contribution in [2.45, 2.75) is 19.6 Å². The van der Waals surface area contributed by atoms with Crippen molar-refractivity contribution < 1.29 is 19.5 Å². The van der Waals surface area contributed by atoms with Gasteiger partial charge in [-0.2, -0.15) is 0 Å². The third kappa shape index (κ3) is 5.71. The molecule has 0 heterocycles. The Balaban J connectivity index is 2.01. The number of amides is 3. The molecule has 0 unspecified atom stereocenters. The fourth-order valence-electron chi connectivity index (χ4n) is 2.16. The number of aliphatic hydroxyl groups excluding tert-OH is 1. The summed E-state index contributed by atoms with van der Waals surface area (Å²) in [6.45, 7) is 1.80. The molecule has 0 aliphatic rings. The fraction of sp³-hybridized carbons (Fsp3) is 0.211. The first kappa shape index (κ1) is 19.1. The van der Waals surface area contributed by atoms with Gasteiger partial charge in [-0.25, -0.2) is 0 Å². The molecule has 2 aromatic carbocycles. The summed E-state index contributed by atoms with van der Waals surface area (Å²) in [5.74, 6) is -2.16. The van der Waals surface area contributed by atoms with Crippen molar-refractivity contribution in [1.29, 1.82) is 0 Å². The first-order valence-corrected chi connectivity index (χ1v) is 8.15. The zero-order valence-electron chi connectivity index (χ0n) is 14.4. The molecule has 0 saturated heterocycles. The largest absolute Gasteiger partial charge is 0.392 e. The van der Waals surface area contributed by atoms with E-state index in [4.69, 9.17) is 5.11 Å². The smallest absolute Gasteiger partial charge is 0.313 e. The van der Waals surface area contributed by atoms with Gasteiger partial charge in [-0.05, 0) is 24.6 Å². The van der Waals surface area contributed by atoms with Gasteiger partial charge in [0.15, 0.2) is 0 Å². The van der Waals surface area contributed by atoms with E-state index in [9.17, 15) is 14.4 Å². The summed E-state index contributed by atoms with van der Waals surface area (Å²) in [4.78, 5) is 36.1. The maximum absolute atomic E-state index is 12.4. The Morgan fingerprint density at radius 2 is 1.58 bits per heavy atom. The minimum atomic E-state index is -0.908. The fourth-order valence-corrected chi connectivity index (χ4v) is 2.16. The van der Waals surface area contributed by atoms with E-state index in [1.54, 1.807) is 18.2 Å². The number of anilines is 1. The highest BCUT2D eigenvalue weighted by Gasteiger charge is 2.17. The second-order valence-electron chi connectivity index (χ2n) is 5.73. The molecule has 0 spiro atoms. The van der Waals surface area contributed by atoms with E-state index >= 15 is 0 Å². The predicted octanol–water partition coefficient (Wildman–Crippen LogP) is 1.05. The van der Waals surface area contributed by atoms with E-state index in [0.717, 1.165) is 5.56 Å². The van der Waals surface area contributed by atoms with E-state index in [2.05, 4.69) is 16.0 Å². The summed E-state index contributed by atoms with van der Waals surface area (Å²) in [5.41, 5.74) is 1.43. The minimum absolute atomic E-state index is 0.0362. The number of nitrogens with one attached hydrogen (secondary N) is 3. The molecule has 7 nitrogen and oxygen atoms in total. The van der Waals surface area contributed by atoms with Crippen LogP contribution in [-0.2, 0) is 16.1 Å². The molecule has 0 fully saturated rings. The summed E-state index contributed by atoms with van der Waals surface area (Å²) < 4.78 is 0. The first-order chi connectivity index (χ1) is 12.5. The highest BCUT2D eigenvalue weighted by molar-refractivity contribution is 6.40. The van der Waals surface area contributed by atoms with Crippen LogP contribution < -0.4 is 16.0 Å². The molecule has 0 bridgehead atoms. The van der Waals surface area contributed by atoms with Crippen molar-refractivity contribution in [3.63, 3.8) is 0 Å². The molecule has 2 rings (SSSR count). The molecule has 3 amide bonds. The summed E-state index contributed by atoms with van der Waals surface area (Å²) >= 11 is 0. The average Bonchev–Trinajstić information content (AvgIpc) is 2.65. The Morgan fingerprint density at radius 1 is 0.923 bits per heavy atom. The number of aliphatic hydroxyl groups is 1. The van der Waals surface area contributed by atoms with Crippen molar-refractivity contribution in [3.8, 4) is 0 Å². The van der Waals surface area contributed by atoms with E-state index < -0.39 is 17.9 Å². The van der Waals surface area contributed by atoms with E-state index in [-0.39, 0.29) is 23.7 Å². The lowest BCUT2D eigenvalue weighted by Gasteiger charge is -2.12. The van der Waals surface area contributed by atoms with Crippen LogP contribution in [0.25, 0.3) is 0 Å². The van der Waals surface area contributed by atoms with Crippen LogP contribution in [0, 0.1) is 0 Å². The average molecular weight is 355 g/mol. The van der Waals surface area contributed by atoms with Crippen molar-refractivity contribution >= 4 is 23.4 Å². The second-order valence-corrected chi connectivity index (χ2v) is 5.73. The summed E-state index contributed by atoms with van der Waals surface area (Å²) in [5, 5.41) is 16.6. The third-order valence-electron chi connectivity index (χ3n) is 3.48. The van der Waals surface area contributed by atoms with Crippen molar-refractivity contribution in [2.75, 3.05) is 11.9 Å². The van der Waals surface area contributed by atoms with Crippen LogP contribution in [-0.4, -0.2) is 35.5 Å². The van der Waals surface area contributed by atoms with Gasteiger partial charge in [-0.15, -0.1) is 0 Å². The number of rotatable bonds is 6. The van der Waals surface area contributed by atoms with Gasteiger partial charge in [0, 0.05) is 13.1 Å². The highest BCUT2D eigenvalue weighted by Crippen LogP contribution is 2.15. The maximum Gasteiger partial charge on any atom is 0.313 e. The number of hydrogen-bond acceptors (Lipinski definition) is 4. The van der Waals surface area contributed by atoms with Crippen molar-refractivity contribution in [2.24, 2.45) is 0 Å². The van der Waals surface area contributed by atoms with Crippen LogP contribution in [0.5, 0.6) is 0 Å². The van der Waals surface area contributed by atoms with Crippen LogP contribution in [0.2, 0.25) is 0 Å². The first-order valence-electron chi connectivity index (χ1n) is 8.15. The van der Waals surface area contributed by atoms with Crippen LogP contribution in [0.15, 0.2) is 54.6 Å². The lowest BCUT2D eigenvalue weighted by Crippen LogP contribution is -2.39. The van der Waals surface area contributed by atoms with Gasteiger partial charge in [-0.3, -0.25) is 14.4 Å². The van der Waals surface area contributed by atoms with E-state index in [0.29, 0.717) is 6.54 Å². The Kier molecular flexibility index (Phi) is 6.87. The lowest BCUT2D eigenvalue weighted by atomic mass is 10.1. The van der Waals surface area contributed by atoms with Crippen LogP contribution >= 0.6 is 0 Å². The molecule has 0 aliphatic heterocycles. The Morgan fingerprint density at radius 3 is 2.27 bits per heavy atom. The Labute approximate surface area is 151 Å². The normalized spacial score (nSPS) is 11.3. The zero-order valence-corrected chi connectivity index (χ0v) is 14.4. The molecule has 0 aliphatic carbocycles. The molecule has 0 aromatic heterocycles. The molecule has 0 radical (unpaired) electrons. The molecular weight excluding hydrogens is 334 g/mol. The zero-order chi connectivity index (χ0) is 18.9. The molecule has 1 atom stereocenters. The lowest BCUT2D eigenvalue weighted by molar-refractivity contribution is -0.136. The van der Waals surface area contributed by atoms with Gasteiger partial charge in [0.2, 0.25) is 0 Å². The third-order valence-corrected chi connectivity index (χ3v) is 3.48. The van der Waals surface area contributed by atoms with Crippen molar-refractivity contribution in [3.05, 3.63) is 65.7 Å². The molecule has 26 heavy (non-hydrogen) atoms. The van der Waals surface area contributed by atoms with E-state index in [1.165, 1.54) is 13.0 Å². The molecule has 0 saturated carbocycles. The number of carbonyl (C=O) groups excluding carboxylic acids is 3. The summed E-state index contributed by atoms with van der Waals surface area (Å²) in [7, 11) is 0. The Hall–Kier alpha value is -3.19. The topological polar surface area (TPSA) is 108 Å². The van der Waals surface area contributed by atoms with Crippen LogP contribution in [0.1, 0.15) is 22.8 Å². The van der Waals surface area contributed by atoms with Gasteiger partial charge < -0.3 is 21.1 Å². The van der Waals surface area contributed by atoms with Gasteiger partial charge in [0.25, 0.3) is 5.91 Å². The standard InChI is InChI=1S/C19H21N3O4/c1-13(23)11-20-18(25)19(26)22-16-10-6-5-9-15(16)17(24)21-12-14-7-3-2-4-8-14/h2-10,13,23H,11-12H2,1H3,(H,20,25)(H,21,24)(H,22,26)/t13-/m0/s1. The SMILES string of the molecule is C[C@H](O)CNC(=O)C(=O)Nc1ccccc1C(=O)NCc1ccccc1. The van der Waals surface area contributed by atoms with Gasteiger partial charge in [-0.1, -0.05) is 42.5 Å². The number of benzene rings is 2. The van der Waals surface area contributed by atoms with Crippen molar-refractivity contribution in [1.82, 2.24) is 10.6 Å². The quantitative estimate of drug-likeness (QED) is 0.581. The monoisotopic (exact) mass is 355 g/mol. The number of carbonyl (C=O) groups is 3. The molecule has 4 N–H and O–H groups in total. The minimum Gasteiger partial charge on any atom is -0.392 e. The molecule has 2 aromatic rings. The number of para-hydroxylation sites is 1. The summed E-state index contributed by atoms with van der Waals surface area (Å²) in [6.07, 6.45) is -0.761. The summed E-state index contributed by atoms with van der Waals surface area (Å²) in [6, 6.07) is 15.8. The highest BCUT2D eigenvalue weighted by atomic mass is 16.3. The molecule has 136 valence electrons. The van der Waals surface area contributed by atoms with Crippen LogP contribution in [0.4, 0.5) is 5.69 Å². The predicted molar refractivity (Wildman–Crippen MR) is 97.4 cm³/mol. The molecule has 7 heteroatoms. The van der Waals surface area contributed by atoms with E-state index in [1.807, 2.05) is 30.3 Å². The second kappa shape index (κ2) is 9.33. The van der Waals surface area contributed by atoms with Crippen LogP contribution in [0.3, 0.4) is 0 Å². The van der Waals surface area contributed by atoms with Gasteiger partial charge >= 0.3 is 11.8 Å². The van der Waals surface area contributed by atoms with Gasteiger partial charge in [0.05, 0.1) is 17.4 Å².